The lowest BCUT2D eigenvalue weighted by atomic mass is 10.1. The Balaban J connectivity index is 1.58. The third-order valence-electron chi connectivity index (χ3n) is 5.08. The van der Waals surface area contributed by atoms with Crippen LogP contribution in [0.5, 0.6) is 11.5 Å². The third-order valence-corrected chi connectivity index (χ3v) is 5.08. The summed E-state index contributed by atoms with van der Waals surface area (Å²) in [5, 5.41) is 2.64. The van der Waals surface area contributed by atoms with Crippen molar-refractivity contribution in [3.63, 3.8) is 0 Å². The summed E-state index contributed by atoms with van der Waals surface area (Å²) in [7, 11) is 0. The van der Waals surface area contributed by atoms with E-state index in [1.54, 1.807) is 24.3 Å². The predicted octanol–water partition coefficient (Wildman–Crippen LogP) is 4.47. The largest absolute Gasteiger partial charge is 0.485 e. The first-order valence-corrected chi connectivity index (χ1v) is 9.57. The van der Waals surface area contributed by atoms with E-state index >= 15 is 0 Å². The number of rotatable bonds is 3. The number of para-hydroxylation sites is 2. The van der Waals surface area contributed by atoms with Crippen LogP contribution in [0.1, 0.15) is 24.8 Å². The van der Waals surface area contributed by atoms with E-state index in [9.17, 15) is 18.0 Å². The molecule has 1 fully saturated rings. The van der Waals surface area contributed by atoms with Gasteiger partial charge in [0, 0.05) is 13.1 Å². The smallest absolute Gasteiger partial charge is 0.416 e. The molecule has 1 saturated heterocycles. The van der Waals surface area contributed by atoms with Crippen LogP contribution in [0, 0.1) is 0 Å². The molecule has 2 aromatic rings. The number of piperidine rings is 1. The number of halogens is 3. The Morgan fingerprint density at radius 3 is 2.48 bits per heavy atom. The number of benzene rings is 2. The zero-order chi connectivity index (χ0) is 20.4. The first-order chi connectivity index (χ1) is 13.9. The van der Waals surface area contributed by atoms with Crippen LogP contribution in [0.2, 0.25) is 0 Å². The highest BCUT2D eigenvalue weighted by atomic mass is 19.4. The second-order valence-corrected chi connectivity index (χ2v) is 7.13. The molecule has 29 heavy (non-hydrogen) atoms. The summed E-state index contributed by atoms with van der Waals surface area (Å²) in [6.07, 6.45) is -2.43. The van der Waals surface area contributed by atoms with Gasteiger partial charge in [-0.15, -0.1) is 0 Å². The number of carbonyl (C=O) groups is 1. The molecular formula is C21H21F3N2O3. The summed E-state index contributed by atoms with van der Waals surface area (Å²) in [5.74, 6) is 0.418. The van der Waals surface area contributed by atoms with Crippen LogP contribution in [0.25, 0.3) is 0 Å². The second kappa shape index (κ2) is 7.85. The number of anilines is 2. The summed E-state index contributed by atoms with van der Waals surface area (Å²) in [5.41, 5.74) is -0.0860. The van der Waals surface area contributed by atoms with Crippen LogP contribution in [0.3, 0.4) is 0 Å². The van der Waals surface area contributed by atoms with E-state index in [0.717, 1.165) is 44.5 Å². The maximum absolute atomic E-state index is 13.2. The van der Waals surface area contributed by atoms with Crippen LogP contribution in [-0.4, -0.2) is 31.7 Å². The minimum atomic E-state index is -4.50. The molecule has 0 aliphatic carbocycles. The number of ether oxygens (including phenoxy) is 2. The number of amides is 1. The van der Waals surface area contributed by atoms with Crippen LogP contribution < -0.4 is 19.7 Å². The van der Waals surface area contributed by atoms with E-state index in [1.807, 2.05) is 4.90 Å². The van der Waals surface area contributed by atoms with Gasteiger partial charge in [-0.1, -0.05) is 12.1 Å². The van der Waals surface area contributed by atoms with Gasteiger partial charge in [-0.2, -0.15) is 13.2 Å². The normalized spacial score (nSPS) is 19.0. The quantitative estimate of drug-likeness (QED) is 0.817. The Hall–Kier alpha value is -2.90. The van der Waals surface area contributed by atoms with Gasteiger partial charge >= 0.3 is 6.18 Å². The number of hydrogen-bond acceptors (Lipinski definition) is 4. The van der Waals surface area contributed by atoms with E-state index in [4.69, 9.17) is 9.47 Å². The number of nitrogens with zero attached hydrogens (tertiary/aromatic N) is 1. The van der Waals surface area contributed by atoms with Gasteiger partial charge in [0.25, 0.3) is 5.91 Å². The number of nitrogens with one attached hydrogen (secondary N) is 1. The lowest BCUT2D eigenvalue weighted by molar-refractivity contribution is -0.137. The van der Waals surface area contributed by atoms with E-state index in [0.29, 0.717) is 17.2 Å². The van der Waals surface area contributed by atoms with Gasteiger partial charge < -0.3 is 19.7 Å². The van der Waals surface area contributed by atoms with E-state index < -0.39 is 23.8 Å². The highest BCUT2D eigenvalue weighted by Gasteiger charge is 2.33. The highest BCUT2D eigenvalue weighted by Crippen LogP contribution is 2.37. The highest BCUT2D eigenvalue weighted by molar-refractivity contribution is 5.97. The maximum atomic E-state index is 13.2. The molecule has 1 atom stereocenters. The van der Waals surface area contributed by atoms with Gasteiger partial charge in [-0.3, -0.25) is 4.79 Å². The lowest BCUT2D eigenvalue weighted by Crippen LogP contribution is -2.40. The summed E-state index contributed by atoms with van der Waals surface area (Å²) >= 11 is 0. The molecule has 5 nitrogen and oxygen atoms in total. The fourth-order valence-electron chi connectivity index (χ4n) is 3.59. The van der Waals surface area contributed by atoms with Crippen molar-refractivity contribution in [1.29, 1.82) is 0 Å². The second-order valence-electron chi connectivity index (χ2n) is 7.13. The fraction of sp³-hybridized carbons (Fsp3) is 0.381. The van der Waals surface area contributed by atoms with Gasteiger partial charge in [0.15, 0.2) is 11.5 Å². The van der Waals surface area contributed by atoms with Crippen LogP contribution in [0.15, 0.2) is 42.5 Å². The molecule has 2 heterocycles. The summed E-state index contributed by atoms with van der Waals surface area (Å²) in [6, 6.07) is 10.4. The number of fused-ring (bicyclic) bond motifs is 1. The lowest BCUT2D eigenvalue weighted by Gasteiger charge is -2.31. The van der Waals surface area contributed by atoms with Gasteiger partial charge in [0.1, 0.15) is 6.61 Å². The van der Waals surface area contributed by atoms with Crippen molar-refractivity contribution in [3.05, 3.63) is 48.0 Å². The van der Waals surface area contributed by atoms with Gasteiger partial charge in [0.2, 0.25) is 6.10 Å². The van der Waals surface area contributed by atoms with Crippen LogP contribution in [-0.2, 0) is 11.0 Å². The zero-order valence-corrected chi connectivity index (χ0v) is 15.7. The molecule has 1 amide bonds. The minimum absolute atomic E-state index is 0.0130. The molecule has 8 heteroatoms. The van der Waals surface area contributed by atoms with Crippen molar-refractivity contribution in [1.82, 2.24) is 0 Å². The topological polar surface area (TPSA) is 50.8 Å². The molecular weight excluding hydrogens is 385 g/mol. The summed E-state index contributed by atoms with van der Waals surface area (Å²) in [4.78, 5) is 14.8. The summed E-state index contributed by atoms with van der Waals surface area (Å²) in [6.45, 7) is 1.47. The first kappa shape index (κ1) is 19.4. The molecule has 0 saturated carbocycles. The molecule has 2 aliphatic rings. The van der Waals surface area contributed by atoms with Crippen LogP contribution >= 0.6 is 0 Å². The molecule has 154 valence electrons. The third kappa shape index (κ3) is 4.26. The molecule has 4 rings (SSSR count). The van der Waals surface area contributed by atoms with E-state index in [2.05, 4.69) is 5.32 Å². The van der Waals surface area contributed by atoms with Gasteiger partial charge in [0.05, 0.1) is 16.9 Å². The van der Waals surface area contributed by atoms with Crippen molar-refractivity contribution < 1.29 is 27.4 Å². The molecule has 0 radical (unpaired) electrons. The number of hydrogen-bond donors (Lipinski definition) is 1. The monoisotopic (exact) mass is 406 g/mol. The number of alkyl halides is 3. The van der Waals surface area contributed by atoms with Crippen molar-refractivity contribution in [2.24, 2.45) is 0 Å². The van der Waals surface area contributed by atoms with Crippen molar-refractivity contribution in [3.8, 4) is 11.5 Å². The Bertz CT molecular complexity index is 895. The molecule has 0 aromatic heterocycles. The predicted molar refractivity (Wildman–Crippen MR) is 102 cm³/mol. The van der Waals surface area contributed by atoms with E-state index in [1.165, 1.54) is 6.07 Å². The van der Waals surface area contributed by atoms with Gasteiger partial charge in [-0.25, -0.2) is 0 Å². The molecule has 0 bridgehead atoms. The van der Waals surface area contributed by atoms with Crippen molar-refractivity contribution >= 4 is 17.3 Å². The SMILES string of the molecule is O=C(Nc1cc(C(F)(F)F)ccc1N1CCCCC1)C1COc2ccccc2O1. The standard InChI is InChI=1S/C21H21F3N2O3/c22-21(23,24)14-8-9-16(26-10-4-1-5-11-26)15(12-14)25-20(27)19-13-28-17-6-2-3-7-18(17)29-19/h2-3,6-9,12,19H,1,4-5,10-11,13H2,(H,25,27). The molecule has 2 aromatic carbocycles. The van der Waals surface area contributed by atoms with Crippen LogP contribution in [0.4, 0.5) is 24.5 Å². The first-order valence-electron chi connectivity index (χ1n) is 9.57. The van der Waals surface area contributed by atoms with E-state index in [-0.39, 0.29) is 12.3 Å². The Morgan fingerprint density at radius 2 is 1.76 bits per heavy atom. The summed E-state index contributed by atoms with van der Waals surface area (Å²) < 4.78 is 50.9. The average molecular weight is 406 g/mol. The minimum Gasteiger partial charge on any atom is -0.485 e. The maximum Gasteiger partial charge on any atom is 0.416 e. The number of carbonyl (C=O) groups excluding carboxylic acids is 1. The van der Waals surface area contributed by atoms with Crippen molar-refractivity contribution in [2.75, 3.05) is 29.9 Å². The van der Waals surface area contributed by atoms with Gasteiger partial charge in [-0.05, 0) is 49.6 Å². The molecule has 1 N–H and O–H groups in total. The molecule has 0 spiro atoms. The Labute approximate surface area is 166 Å². The van der Waals surface area contributed by atoms with Crippen molar-refractivity contribution in [2.45, 2.75) is 31.5 Å². The fourth-order valence-corrected chi connectivity index (χ4v) is 3.59. The molecule has 2 aliphatic heterocycles. The average Bonchev–Trinajstić information content (AvgIpc) is 2.73. The Kier molecular flexibility index (Phi) is 5.25. The zero-order valence-electron chi connectivity index (χ0n) is 15.7. The Morgan fingerprint density at radius 1 is 1.03 bits per heavy atom. The molecule has 1 unspecified atom stereocenters.